The molecule has 5 nitrogen and oxygen atoms in total. The molecule has 0 aliphatic carbocycles. The number of halogens is 1. The van der Waals surface area contributed by atoms with Gasteiger partial charge in [0, 0.05) is 16.2 Å². The van der Waals surface area contributed by atoms with Crippen LogP contribution in [-0.4, -0.2) is 15.5 Å². The zero-order valence-electron chi connectivity index (χ0n) is 10.6. The molecule has 3 N–H and O–H groups in total. The standard InChI is InChI=1S/C13H13BrN2O3S/c1-19-11-6-7-13(12(15)8-11)20(17,18)16-10-4-2-9(14)3-5-10/h2-8,16H,15H2,1H3. The predicted molar refractivity (Wildman–Crippen MR) is 82.4 cm³/mol. The molecule has 0 saturated heterocycles. The van der Waals surface area contributed by atoms with Crippen LogP contribution in [0.25, 0.3) is 0 Å². The van der Waals surface area contributed by atoms with Gasteiger partial charge in [-0.3, -0.25) is 4.72 Å². The number of anilines is 2. The van der Waals surface area contributed by atoms with Crippen molar-refractivity contribution in [2.75, 3.05) is 17.6 Å². The molecule has 0 fully saturated rings. The zero-order valence-corrected chi connectivity index (χ0v) is 13.0. The fourth-order valence-corrected chi connectivity index (χ4v) is 3.06. The van der Waals surface area contributed by atoms with Crippen molar-refractivity contribution in [3.05, 3.63) is 46.9 Å². The first kappa shape index (κ1) is 14.7. The number of sulfonamides is 1. The number of nitrogens with one attached hydrogen (secondary N) is 1. The molecule has 0 aliphatic heterocycles. The van der Waals surface area contributed by atoms with Gasteiger partial charge in [0.25, 0.3) is 10.0 Å². The molecule has 0 heterocycles. The third kappa shape index (κ3) is 3.23. The predicted octanol–water partition coefficient (Wildman–Crippen LogP) is 2.84. The topological polar surface area (TPSA) is 81.4 Å². The maximum absolute atomic E-state index is 12.3. The Labute approximate surface area is 125 Å². The van der Waals surface area contributed by atoms with Crippen LogP contribution in [0.2, 0.25) is 0 Å². The molecule has 2 aromatic carbocycles. The van der Waals surface area contributed by atoms with E-state index in [0.717, 1.165) is 4.47 Å². The molecule has 0 amide bonds. The highest BCUT2D eigenvalue weighted by molar-refractivity contribution is 9.10. The van der Waals surface area contributed by atoms with E-state index in [1.165, 1.54) is 19.2 Å². The molecule has 0 atom stereocenters. The molecule has 0 saturated carbocycles. The van der Waals surface area contributed by atoms with E-state index in [0.29, 0.717) is 11.4 Å². The van der Waals surface area contributed by atoms with Crippen LogP contribution in [0.1, 0.15) is 0 Å². The van der Waals surface area contributed by atoms with E-state index >= 15 is 0 Å². The minimum atomic E-state index is -3.73. The van der Waals surface area contributed by atoms with Crippen molar-refractivity contribution in [1.29, 1.82) is 0 Å². The Hall–Kier alpha value is -1.73. The molecule has 20 heavy (non-hydrogen) atoms. The molecule has 0 aliphatic rings. The van der Waals surface area contributed by atoms with E-state index in [2.05, 4.69) is 20.7 Å². The summed E-state index contributed by atoms with van der Waals surface area (Å²) in [6.07, 6.45) is 0. The highest BCUT2D eigenvalue weighted by Crippen LogP contribution is 2.26. The van der Waals surface area contributed by atoms with Gasteiger partial charge in [-0.2, -0.15) is 0 Å². The van der Waals surface area contributed by atoms with Gasteiger partial charge in [-0.05, 0) is 36.4 Å². The van der Waals surface area contributed by atoms with Gasteiger partial charge in [-0.15, -0.1) is 0 Å². The van der Waals surface area contributed by atoms with Crippen molar-refractivity contribution >= 4 is 37.3 Å². The molecule has 0 bridgehead atoms. The number of methoxy groups -OCH3 is 1. The molecule has 106 valence electrons. The van der Waals surface area contributed by atoms with Gasteiger partial charge in [0.1, 0.15) is 10.6 Å². The SMILES string of the molecule is COc1ccc(S(=O)(=O)Nc2ccc(Br)cc2)c(N)c1. The van der Waals surface area contributed by atoms with E-state index in [9.17, 15) is 8.42 Å². The molecule has 2 rings (SSSR count). The molecule has 0 unspecified atom stereocenters. The maximum atomic E-state index is 12.3. The van der Waals surface area contributed by atoms with Crippen molar-refractivity contribution in [2.45, 2.75) is 4.90 Å². The van der Waals surface area contributed by atoms with Gasteiger partial charge in [0.15, 0.2) is 0 Å². The Morgan fingerprint density at radius 2 is 1.80 bits per heavy atom. The first-order valence-corrected chi connectivity index (χ1v) is 7.92. The Balaban J connectivity index is 2.33. The smallest absolute Gasteiger partial charge is 0.263 e. The lowest BCUT2D eigenvalue weighted by Gasteiger charge is -2.11. The van der Waals surface area contributed by atoms with Crippen LogP contribution in [-0.2, 0) is 10.0 Å². The Kier molecular flexibility index (Phi) is 4.20. The van der Waals surface area contributed by atoms with Gasteiger partial charge < -0.3 is 10.5 Å². The van der Waals surface area contributed by atoms with Crippen LogP contribution >= 0.6 is 15.9 Å². The van der Waals surface area contributed by atoms with Crippen LogP contribution in [0.15, 0.2) is 51.8 Å². The van der Waals surface area contributed by atoms with Crippen LogP contribution in [0.3, 0.4) is 0 Å². The van der Waals surface area contributed by atoms with Crippen LogP contribution in [0.4, 0.5) is 11.4 Å². The minimum Gasteiger partial charge on any atom is -0.497 e. The van der Waals surface area contributed by atoms with Crippen molar-refractivity contribution in [3.63, 3.8) is 0 Å². The summed E-state index contributed by atoms with van der Waals surface area (Å²) in [4.78, 5) is 0.0150. The number of hydrogen-bond donors (Lipinski definition) is 2. The first-order valence-electron chi connectivity index (χ1n) is 5.64. The fraction of sp³-hybridized carbons (Fsp3) is 0.0769. The summed E-state index contributed by atoms with van der Waals surface area (Å²) < 4.78 is 32.9. The first-order chi connectivity index (χ1) is 9.42. The average Bonchev–Trinajstić information content (AvgIpc) is 2.40. The van der Waals surface area contributed by atoms with Crippen LogP contribution < -0.4 is 15.2 Å². The van der Waals surface area contributed by atoms with E-state index in [1.54, 1.807) is 30.3 Å². The molecule has 0 spiro atoms. The number of ether oxygens (including phenoxy) is 1. The molecule has 0 radical (unpaired) electrons. The quantitative estimate of drug-likeness (QED) is 0.825. The summed E-state index contributed by atoms with van der Waals surface area (Å²) in [5, 5.41) is 0. The normalized spacial score (nSPS) is 11.1. The second-order valence-corrected chi connectivity index (χ2v) is 6.58. The third-order valence-corrected chi connectivity index (χ3v) is 4.59. The van der Waals surface area contributed by atoms with Crippen molar-refractivity contribution < 1.29 is 13.2 Å². The average molecular weight is 357 g/mol. The summed E-state index contributed by atoms with van der Waals surface area (Å²) in [7, 11) is -2.24. The summed E-state index contributed by atoms with van der Waals surface area (Å²) in [6.45, 7) is 0. The fourth-order valence-electron chi connectivity index (χ4n) is 1.63. The van der Waals surface area contributed by atoms with E-state index < -0.39 is 10.0 Å². The Morgan fingerprint density at radius 3 is 2.35 bits per heavy atom. The van der Waals surface area contributed by atoms with Gasteiger partial charge >= 0.3 is 0 Å². The number of rotatable bonds is 4. The van der Waals surface area contributed by atoms with Crippen LogP contribution in [0.5, 0.6) is 5.75 Å². The number of nitrogens with two attached hydrogens (primary N) is 1. The van der Waals surface area contributed by atoms with Crippen molar-refractivity contribution in [2.24, 2.45) is 0 Å². The maximum Gasteiger partial charge on any atom is 0.263 e. The third-order valence-electron chi connectivity index (χ3n) is 2.60. The van der Waals surface area contributed by atoms with Crippen molar-refractivity contribution in [3.8, 4) is 5.75 Å². The van der Waals surface area contributed by atoms with E-state index in [1.807, 2.05) is 0 Å². The largest absolute Gasteiger partial charge is 0.497 e. The van der Waals surface area contributed by atoms with E-state index in [4.69, 9.17) is 10.5 Å². The van der Waals surface area contributed by atoms with Crippen LogP contribution in [0, 0.1) is 0 Å². The van der Waals surface area contributed by atoms with Crippen molar-refractivity contribution in [1.82, 2.24) is 0 Å². The lowest BCUT2D eigenvalue weighted by atomic mass is 10.3. The lowest BCUT2D eigenvalue weighted by molar-refractivity contribution is 0.414. The highest BCUT2D eigenvalue weighted by atomic mass is 79.9. The Bertz CT molecular complexity index is 715. The summed E-state index contributed by atoms with van der Waals surface area (Å²) in [5.74, 6) is 0.505. The van der Waals surface area contributed by atoms with Gasteiger partial charge in [-0.1, -0.05) is 15.9 Å². The summed E-state index contributed by atoms with van der Waals surface area (Å²) in [5.41, 5.74) is 6.35. The molecule has 7 heteroatoms. The van der Waals surface area contributed by atoms with Gasteiger partial charge in [-0.25, -0.2) is 8.42 Å². The Morgan fingerprint density at radius 1 is 1.15 bits per heavy atom. The second-order valence-electron chi connectivity index (χ2n) is 4.02. The minimum absolute atomic E-state index is 0.0150. The molecular weight excluding hydrogens is 344 g/mol. The van der Waals surface area contributed by atoms with E-state index in [-0.39, 0.29) is 10.6 Å². The molecule has 2 aromatic rings. The summed E-state index contributed by atoms with van der Waals surface area (Å²) >= 11 is 3.29. The monoisotopic (exact) mass is 356 g/mol. The molecular formula is C13H13BrN2O3S. The lowest BCUT2D eigenvalue weighted by Crippen LogP contribution is -2.14. The van der Waals surface area contributed by atoms with Gasteiger partial charge in [0.2, 0.25) is 0 Å². The zero-order chi connectivity index (χ0) is 14.8. The number of benzene rings is 2. The number of hydrogen-bond acceptors (Lipinski definition) is 4. The molecule has 0 aromatic heterocycles. The summed E-state index contributed by atoms with van der Waals surface area (Å²) in [6, 6.07) is 11.2. The van der Waals surface area contributed by atoms with Gasteiger partial charge in [0.05, 0.1) is 12.8 Å². The second kappa shape index (κ2) is 5.72. The number of nitrogen functional groups attached to an aromatic ring is 1. The highest BCUT2D eigenvalue weighted by Gasteiger charge is 2.18.